The molecule has 2 atom stereocenters. The van der Waals surface area contributed by atoms with E-state index in [2.05, 4.69) is 12.2 Å². The van der Waals surface area contributed by atoms with E-state index in [1.54, 1.807) is 0 Å². The van der Waals surface area contributed by atoms with E-state index in [-0.39, 0.29) is 23.5 Å². The van der Waals surface area contributed by atoms with E-state index in [1.807, 2.05) is 0 Å². The Bertz CT molecular complexity index is 437. The summed E-state index contributed by atoms with van der Waals surface area (Å²) in [5, 5.41) is 11.6. The number of carbonyl (C=O) groups is 2. The standard InChI is InChI=1S/C12H15NO4/c1-7-3-2-4-8(7)13-11(14)9-5-6-10(17-9)12(15)16/h5-8H,2-4H2,1H3,(H,13,14)(H,15,16). The smallest absolute Gasteiger partial charge is 0.371 e. The van der Waals surface area contributed by atoms with Gasteiger partial charge in [0.25, 0.3) is 5.91 Å². The van der Waals surface area contributed by atoms with Crippen LogP contribution in [0.1, 0.15) is 47.3 Å². The maximum Gasteiger partial charge on any atom is 0.371 e. The maximum absolute atomic E-state index is 11.8. The second kappa shape index (κ2) is 4.61. The van der Waals surface area contributed by atoms with Crippen LogP contribution in [0.5, 0.6) is 0 Å². The van der Waals surface area contributed by atoms with E-state index in [1.165, 1.54) is 12.1 Å². The molecule has 1 heterocycles. The lowest BCUT2D eigenvalue weighted by molar-refractivity contribution is 0.0659. The van der Waals surface area contributed by atoms with E-state index in [0.717, 1.165) is 19.3 Å². The van der Waals surface area contributed by atoms with Gasteiger partial charge in [-0.3, -0.25) is 4.79 Å². The van der Waals surface area contributed by atoms with Gasteiger partial charge in [0.15, 0.2) is 5.76 Å². The molecule has 0 spiro atoms. The first-order valence-corrected chi connectivity index (χ1v) is 5.72. The number of aromatic carboxylic acids is 1. The first-order chi connectivity index (χ1) is 8.08. The Morgan fingerprint density at radius 1 is 1.35 bits per heavy atom. The number of hydrogen-bond donors (Lipinski definition) is 2. The molecule has 0 aromatic carbocycles. The van der Waals surface area contributed by atoms with Gasteiger partial charge in [0.1, 0.15) is 0 Å². The SMILES string of the molecule is CC1CCCC1NC(=O)c1ccc(C(=O)O)o1. The van der Waals surface area contributed by atoms with Crippen LogP contribution >= 0.6 is 0 Å². The van der Waals surface area contributed by atoms with Crippen LogP contribution in [0.4, 0.5) is 0 Å². The van der Waals surface area contributed by atoms with Gasteiger partial charge in [0, 0.05) is 6.04 Å². The molecule has 1 saturated carbocycles. The molecule has 1 aliphatic rings. The average molecular weight is 237 g/mol. The zero-order valence-corrected chi connectivity index (χ0v) is 9.60. The topological polar surface area (TPSA) is 79.5 Å². The summed E-state index contributed by atoms with van der Waals surface area (Å²) in [4.78, 5) is 22.4. The lowest BCUT2D eigenvalue weighted by Crippen LogP contribution is -2.36. The first-order valence-electron chi connectivity index (χ1n) is 5.72. The molecule has 5 heteroatoms. The Morgan fingerprint density at radius 3 is 2.59 bits per heavy atom. The van der Waals surface area contributed by atoms with Gasteiger partial charge in [-0.25, -0.2) is 4.79 Å². The Morgan fingerprint density at radius 2 is 2.06 bits per heavy atom. The number of hydrogen-bond acceptors (Lipinski definition) is 3. The number of furan rings is 1. The lowest BCUT2D eigenvalue weighted by atomic mass is 10.1. The Labute approximate surface area is 98.8 Å². The normalized spacial score (nSPS) is 23.6. The summed E-state index contributed by atoms with van der Waals surface area (Å²) in [6.45, 7) is 2.10. The van der Waals surface area contributed by atoms with Gasteiger partial charge in [0.05, 0.1) is 0 Å². The number of carboxylic acids is 1. The summed E-state index contributed by atoms with van der Waals surface area (Å²) in [5.41, 5.74) is 0. The molecule has 2 N–H and O–H groups in total. The van der Waals surface area contributed by atoms with E-state index >= 15 is 0 Å². The van der Waals surface area contributed by atoms with Crippen LogP contribution in [-0.2, 0) is 0 Å². The van der Waals surface area contributed by atoms with Crippen molar-refractivity contribution in [2.75, 3.05) is 0 Å². The Balaban J connectivity index is 2.01. The highest BCUT2D eigenvalue weighted by Crippen LogP contribution is 2.25. The van der Waals surface area contributed by atoms with Crippen molar-refractivity contribution in [1.82, 2.24) is 5.32 Å². The predicted octanol–water partition coefficient (Wildman–Crippen LogP) is 1.90. The third-order valence-corrected chi connectivity index (χ3v) is 3.22. The molecule has 0 aliphatic heterocycles. The molecule has 1 aliphatic carbocycles. The van der Waals surface area contributed by atoms with Gasteiger partial charge < -0.3 is 14.8 Å². The quantitative estimate of drug-likeness (QED) is 0.841. The van der Waals surface area contributed by atoms with Crippen molar-refractivity contribution in [3.8, 4) is 0 Å². The van der Waals surface area contributed by atoms with Crippen molar-refractivity contribution in [2.24, 2.45) is 5.92 Å². The number of amides is 1. The molecule has 0 radical (unpaired) electrons. The number of nitrogens with one attached hydrogen (secondary N) is 1. The van der Waals surface area contributed by atoms with Crippen molar-refractivity contribution >= 4 is 11.9 Å². The van der Waals surface area contributed by atoms with Crippen LogP contribution in [0.15, 0.2) is 16.5 Å². The van der Waals surface area contributed by atoms with Gasteiger partial charge in [-0.05, 0) is 30.9 Å². The summed E-state index contributed by atoms with van der Waals surface area (Å²) < 4.78 is 4.94. The highest BCUT2D eigenvalue weighted by atomic mass is 16.4. The Hall–Kier alpha value is -1.78. The Kier molecular flexibility index (Phi) is 3.17. The molecule has 1 aromatic rings. The summed E-state index contributed by atoms with van der Waals surface area (Å²) in [5.74, 6) is -1.20. The molecule has 0 bridgehead atoms. The van der Waals surface area contributed by atoms with Crippen molar-refractivity contribution in [3.05, 3.63) is 23.7 Å². The molecular weight excluding hydrogens is 222 g/mol. The van der Waals surface area contributed by atoms with E-state index < -0.39 is 5.97 Å². The average Bonchev–Trinajstić information content (AvgIpc) is 2.88. The number of rotatable bonds is 3. The molecular formula is C12H15NO4. The number of carboxylic acid groups (broad SMARTS) is 1. The monoisotopic (exact) mass is 237 g/mol. The highest BCUT2D eigenvalue weighted by molar-refractivity contribution is 5.93. The summed E-state index contributed by atoms with van der Waals surface area (Å²) in [7, 11) is 0. The van der Waals surface area contributed by atoms with E-state index in [0.29, 0.717) is 5.92 Å². The third-order valence-electron chi connectivity index (χ3n) is 3.22. The van der Waals surface area contributed by atoms with Crippen molar-refractivity contribution < 1.29 is 19.1 Å². The van der Waals surface area contributed by atoms with Crippen LogP contribution in [0.2, 0.25) is 0 Å². The van der Waals surface area contributed by atoms with Gasteiger partial charge in [-0.2, -0.15) is 0 Å². The molecule has 1 amide bonds. The summed E-state index contributed by atoms with van der Waals surface area (Å²) >= 11 is 0. The van der Waals surface area contributed by atoms with Crippen LogP contribution in [0, 0.1) is 5.92 Å². The van der Waals surface area contributed by atoms with Crippen molar-refractivity contribution in [1.29, 1.82) is 0 Å². The number of carbonyl (C=O) groups excluding carboxylic acids is 1. The van der Waals surface area contributed by atoms with Crippen LogP contribution in [0.25, 0.3) is 0 Å². The minimum atomic E-state index is -1.17. The predicted molar refractivity (Wildman–Crippen MR) is 59.9 cm³/mol. The van der Waals surface area contributed by atoms with Crippen LogP contribution in [0.3, 0.4) is 0 Å². The molecule has 1 fully saturated rings. The molecule has 0 saturated heterocycles. The summed E-state index contributed by atoms with van der Waals surface area (Å²) in [6, 6.07) is 2.84. The molecule has 17 heavy (non-hydrogen) atoms. The van der Waals surface area contributed by atoms with Crippen LogP contribution < -0.4 is 5.32 Å². The molecule has 5 nitrogen and oxygen atoms in total. The second-order valence-corrected chi connectivity index (χ2v) is 4.46. The second-order valence-electron chi connectivity index (χ2n) is 4.46. The zero-order chi connectivity index (χ0) is 12.4. The minimum absolute atomic E-state index is 0.0569. The fraction of sp³-hybridized carbons (Fsp3) is 0.500. The van der Waals surface area contributed by atoms with Gasteiger partial charge in [-0.15, -0.1) is 0 Å². The summed E-state index contributed by atoms with van der Waals surface area (Å²) in [6.07, 6.45) is 3.20. The van der Waals surface area contributed by atoms with Gasteiger partial charge >= 0.3 is 5.97 Å². The van der Waals surface area contributed by atoms with Gasteiger partial charge in [0.2, 0.25) is 5.76 Å². The van der Waals surface area contributed by atoms with Crippen molar-refractivity contribution in [3.63, 3.8) is 0 Å². The largest absolute Gasteiger partial charge is 0.475 e. The zero-order valence-electron chi connectivity index (χ0n) is 9.60. The van der Waals surface area contributed by atoms with Crippen LogP contribution in [-0.4, -0.2) is 23.0 Å². The molecule has 92 valence electrons. The molecule has 2 unspecified atom stereocenters. The van der Waals surface area contributed by atoms with Gasteiger partial charge in [-0.1, -0.05) is 13.3 Å². The third kappa shape index (κ3) is 2.49. The lowest BCUT2D eigenvalue weighted by Gasteiger charge is -2.16. The fourth-order valence-electron chi connectivity index (χ4n) is 2.17. The fourth-order valence-corrected chi connectivity index (χ4v) is 2.17. The first kappa shape index (κ1) is 11.7. The minimum Gasteiger partial charge on any atom is -0.475 e. The maximum atomic E-state index is 11.8. The van der Waals surface area contributed by atoms with E-state index in [9.17, 15) is 9.59 Å². The molecule has 1 aromatic heterocycles. The highest BCUT2D eigenvalue weighted by Gasteiger charge is 2.26. The molecule has 2 rings (SSSR count). The van der Waals surface area contributed by atoms with Crippen molar-refractivity contribution in [2.45, 2.75) is 32.2 Å². The van der Waals surface area contributed by atoms with E-state index in [4.69, 9.17) is 9.52 Å².